The third-order valence-corrected chi connectivity index (χ3v) is 2.98. The minimum absolute atomic E-state index is 0.0193. The highest BCUT2D eigenvalue weighted by molar-refractivity contribution is 6.32. The van der Waals surface area contributed by atoms with Crippen molar-refractivity contribution in [3.63, 3.8) is 0 Å². The second-order valence-electron chi connectivity index (χ2n) is 4.44. The average Bonchev–Trinajstić information content (AvgIpc) is 2.29. The summed E-state index contributed by atoms with van der Waals surface area (Å²) in [6.45, 7) is 3.94. The van der Waals surface area contributed by atoms with Gasteiger partial charge in [0.15, 0.2) is 0 Å². The first-order valence-corrected chi connectivity index (χ1v) is 6.07. The predicted molar refractivity (Wildman–Crippen MR) is 71.3 cm³/mol. The molecule has 1 rings (SSSR count). The van der Waals surface area contributed by atoms with Gasteiger partial charge in [-0.15, -0.1) is 0 Å². The Morgan fingerprint density at radius 3 is 2.63 bits per heavy atom. The predicted octanol–water partition coefficient (Wildman–Crippen LogP) is 2.54. The number of rotatable bonds is 6. The Labute approximate surface area is 115 Å². The lowest BCUT2D eigenvalue weighted by Crippen LogP contribution is -2.35. The highest BCUT2D eigenvalue weighted by Crippen LogP contribution is 2.25. The number of carboxylic acid groups (broad SMARTS) is 1. The molecule has 0 radical (unpaired) electrons. The monoisotopic (exact) mass is 286 g/mol. The van der Waals surface area contributed by atoms with Crippen molar-refractivity contribution < 1.29 is 14.8 Å². The van der Waals surface area contributed by atoms with Crippen LogP contribution in [0.5, 0.6) is 0 Å². The molecule has 0 fully saturated rings. The van der Waals surface area contributed by atoms with E-state index in [2.05, 4.69) is 0 Å². The average molecular weight is 287 g/mol. The van der Waals surface area contributed by atoms with Crippen LogP contribution in [0.15, 0.2) is 18.2 Å². The minimum atomic E-state index is -0.933. The highest BCUT2D eigenvalue weighted by atomic mass is 35.5. The van der Waals surface area contributed by atoms with E-state index < -0.39 is 10.9 Å². The molecule has 0 bridgehead atoms. The first-order valence-electron chi connectivity index (χ1n) is 5.70. The van der Waals surface area contributed by atoms with Gasteiger partial charge in [-0.3, -0.25) is 19.8 Å². The summed E-state index contributed by atoms with van der Waals surface area (Å²) in [7, 11) is 0. The Morgan fingerprint density at radius 1 is 1.53 bits per heavy atom. The van der Waals surface area contributed by atoms with Crippen LogP contribution >= 0.6 is 11.6 Å². The molecule has 0 amide bonds. The molecule has 0 aliphatic carbocycles. The Morgan fingerprint density at radius 2 is 2.16 bits per heavy atom. The van der Waals surface area contributed by atoms with Crippen molar-refractivity contribution in [3.8, 4) is 0 Å². The quantitative estimate of drug-likeness (QED) is 0.642. The maximum absolute atomic E-state index is 10.8. The number of nitro groups is 1. The van der Waals surface area contributed by atoms with Gasteiger partial charge >= 0.3 is 5.97 Å². The number of nitro benzene ring substituents is 1. The molecule has 0 aliphatic heterocycles. The fourth-order valence-electron chi connectivity index (χ4n) is 1.63. The molecule has 0 heterocycles. The lowest BCUT2D eigenvalue weighted by molar-refractivity contribution is -0.384. The van der Waals surface area contributed by atoms with Crippen LogP contribution < -0.4 is 0 Å². The van der Waals surface area contributed by atoms with E-state index in [1.807, 2.05) is 13.8 Å². The molecular weight excluding hydrogens is 272 g/mol. The number of nitrogens with zero attached hydrogens (tertiary/aromatic N) is 2. The molecule has 0 unspecified atom stereocenters. The number of halogens is 1. The smallest absolute Gasteiger partial charge is 0.317 e. The zero-order valence-corrected chi connectivity index (χ0v) is 11.4. The summed E-state index contributed by atoms with van der Waals surface area (Å²) >= 11 is 5.73. The minimum Gasteiger partial charge on any atom is -0.480 e. The number of hydrogen-bond donors (Lipinski definition) is 1. The van der Waals surface area contributed by atoms with Gasteiger partial charge in [0.05, 0.1) is 11.5 Å². The Balaban J connectivity index is 2.93. The normalized spacial score (nSPS) is 11.0. The van der Waals surface area contributed by atoms with Crippen LogP contribution in [-0.2, 0) is 11.3 Å². The van der Waals surface area contributed by atoms with Gasteiger partial charge in [0.1, 0.15) is 5.02 Å². The maximum Gasteiger partial charge on any atom is 0.317 e. The summed E-state index contributed by atoms with van der Waals surface area (Å²) in [5.41, 5.74) is 0.490. The van der Waals surface area contributed by atoms with E-state index in [0.29, 0.717) is 12.1 Å². The number of benzene rings is 1. The van der Waals surface area contributed by atoms with Crippen LogP contribution in [0.4, 0.5) is 5.69 Å². The number of aliphatic carboxylic acids is 1. The van der Waals surface area contributed by atoms with Crippen molar-refractivity contribution in [3.05, 3.63) is 38.9 Å². The summed E-state index contributed by atoms with van der Waals surface area (Å²) in [5, 5.41) is 19.7. The first-order chi connectivity index (χ1) is 8.81. The van der Waals surface area contributed by atoms with Crippen molar-refractivity contribution in [2.45, 2.75) is 26.4 Å². The van der Waals surface area contributed by atoms with Gasteiger partial charge < -0.3 is 5.11 Å². The molecule has 6 nitrogen and oxygen atoms in total. The summed E-state index contributed by atoms with van der Waals surface area (Å²) in [6, 6.07) is 4.51. The molecule has 0 spiro atoms. The maximum atomic E-state index is 10.8. The van der Waals surface area contributed by atoms with Gasteiger partial charge in [-0.05, 0) is 25.5 Å². The number of carbonyl (C=O) groups is 1. The first kappa shape index (κ1) is 15.4. The van der Waals surface area contributed by atoms with Crippen molar-refractivity contribution in [2.24, 2.45) is 0 Å². The van der Waals surface area contributed by atoms with Crippen LogP contribution in [-0.4, -0.2) is 33.5 Å². The molecule has 0 saturated heterocycles. The standard InChI is InChI=1S/C12H15ClN2O4/c1-8(2)14(7-12(16)17)6-9-3-4-10(13)11(5-9)15(18)19/h3-5,8H,6-7H2,1-2H3,(H,16,17). The van der Waals surface area contributed by atoms with Gasteiger partial charge in [0.25, 0.3) is 5.69 Å². The molecule has 1 aromatic carbocycles. The molecule has 19 heavy (non-hydrogen) atoms. The van der Waals surface area contributed by atoms with Crippen LogP contribution in [0.3, 0.4) is 0 Å². The van der Waals surface area contributed by atoms with E-state index in [-0.39, 0.29) is 23.3 Å². The highest BCUT2D eigenvalue weighted by Gasteiger charge is 2.17. The molecule has 1 N–H and O–H groups in total. The molecule has 104 valence electrons. The zero-order chi connectivity index (χ0) is 14.6. The third-order valence-electron chi connectivity index (χ3n) is 2.66. The number of hydrogen-bond acceptors (Lipinski definition) is 4. The van der Waals surface area contributed by atoms with Gasteiger partial charge in [0.2, 0.25) is 0 Å². The van der Waals surface area contributed by atoms with Crippen molar-refractivity contribution >= 4 is 23.3 Å². The summed E-state index contributed by atoms with van der Waals surface area (Å²) < 4.78 is 0. The Bertz CT molecular complexity index is 491. The molecule has 0 atom stereocenters. The van der Waals surface area contributed by atoms with Gasteiger partial charge in [-0.2, -0.15) is 0 Å². The van der Waals surface area contributed by atoms with E-state index in [4.69, 9.17) is 16.7 Å². The molecule has 7 heteroatoms. The summed E-state index contributed by atoms with van der Waals surface area (Å²) in [4.78, 5) is 22.7. The Kier molecular flexibility index (Phi) is 5.26. The second-order valence-corrected chi connectivity index (χ2v) is 4.84. The largest absolute Gasteiger partial charge is 0.480 e. The topological polar surface area (TPSA) is 83.7 Å². The van der Waals surface area contributed by atoms with E-state index in [1.165, 1.54) is 12.1 Å². The van der Waals surface area contributed by atoms with E-state index in [9.17, 15) is 14.9 Å². The van der Waals surface area contributed by atoms with Crippen LogP contribution in [0.1, 0.15) is 19.4 Å². The van der Waals surface area contributed by atoms with Crippen LogP contribution in [0.2, 0.25) is 5.02 Å². The lowest BCUT2D eigenvalue weighted by atomic mass is 10.1. The molecule has 1 aromatic rings. The molecule has 0 aromatic heterocycles. The van der Waals surface area contributed by atoms with Crippen molar-refractivity contribution in [2.75, 3.05) is 6.54 Å². The van der Waals surface area contributed by atoms with Crippen LogP contribution in [0.25, 0.3) is 0 Å². The summed E-state index contributed by atoms with van der Waals surface area (Å²) in [5.74, 6) is -0.933. The fraction of sp³-hybridized carbons (Fsp3) is 0.417. The van der Waals surface area contributed by atoms with Gasteiger partial charge in [0, 0.05) is 18.7 Å². The summed E-state index contributed by atoms with van der Waals surface area (Å²) in [6.07, 6.45) is 0. The second kappa shape index (κ2) is 6.49. The molecule has 0 saturated carbocycles. The van der Waals surface area contributed by atoms with E-state index in [0.717, 1.165) is 0 Å². The fourth-order valence-corrected chi connectivity index (χ4v) is 1.81. The van der Waals surface area contributed by atoms with Crippen molar-refractivity contribution in [1.29, 1.82) is 0 Å². The lowest BCUT2D eigenvalue weighted by Gasteiger charge is -2.24. The third kappa shape index (κ3) is 4.50. The zero-order valence-electron chi connectivity index (χ0n) is 10.7. The van der Waals surface area contributed by atoms with E-state index in [1.54, 1.807) is 11.0 Å². The molecular formula is C12H15ClN2O4. The van der Waals surface area contributed by atoms with Crippen LogP contribution in [0, 0.1) is 10.1 Å². The number of carboxylic acids is 1. The van der Waals surface area contributed by atoms with E-state index >= 15 is 0 Å². The SMILES string of the molecule is CC(C)N(CC(=O)O)Cc1ccc(Cl)c([N+](=O)[O-])c1. The van der Waals surface area contributed by atoms with Gasteiger partial charge in [-0.1, -0.05) is 17.7 Å². The Hall–Kier alpha value is -1.66. The van der Waals surface area contributed by atoms with Gasteiger partial charge in [-0.25, -0.2) is 0 Å². The molecule has 0 aliphatic rings. The van der Waals surface area contributed by atoms with Crippen molar-refractivity contribution in [1.82, 2.24) is 4.90 Å².